The Hall–Kier alpha value is -3.17. The zero-order valence-electron chi connectivity index (χ0n) is 14.3. The van der Waals surface area contributed by atoms with Crippen LogP contribution in [0.25, 0.3) is 11.7 Å². The molecule has 2 aromatic rings. The summed E-state index contributed by atoms with van der Waals surface area (Å²) in [6.45, 7) is 4.00. The molecule has 0 aromatic carbocycles. The summed E-state index contributed by atoms with van der Waals surface area (Å²) in [5, 5.41) is 15.6. The van der Waals surface area contributed by atoms with Gasteiger partial charge in [-0.2, -0.15) is 0 Å². The molecule has 3 rings (SSSR count). The van der Waals surface area contributed by atoms with E-state index < -0.39 is 29.7 Å². The SMILES string of the molecule is CC(C)C(Nc1nnc(-c2ccco2)o1)C(=O)NC1CCNC(=O)C1=O. The number of hydrogen-bond acceptors (Lipinski definition) is 8. The van der Waals surface area contributed by atoms with Crippen molar-refractivity contribution in [2.45, 2.75) is 32.4 Å². The number of piperidine rings is 1. The quantitative estimate of drug-likeness (QED) is 0.626. The van der Waals surface area contributed by atoms with Gasteiger partial charge in [-0.1, -0.05) is 18.9 Å². The van der Waals surface area contributed by atoms with E-state index >= 15 is 0 Å². The van der Waals surface area contributed by atoms with Gasteiger partial charge in [0.25, 0.3) is 11.8 Å². The molecular weight excluding hydrogens is 342 g/mol. The predicted octanol–water partition coefficient (Wildman–Crippen LogP) is 0.340. The third kappa shape index (κ3) is 3.73. The topological polar surface area (TPSA) is 139 Å². The summed E-state index contributed by atoms with van der Waals surface area (Å²) in [5.74, 6) is -1.30. The van der Waals surface area contributed by atoms with Gasteiger partial charge in [-0.15, -0.1) is 5.10 Å². The fourth-order valence-corrected chi connectivity index (χ4v) is 2.56. The number of furan rings is 1. The highest BCUT2D eigenvalue weighted by Crippen LogP contribution is 2.21. The van der Waals surface area contributed by atoms with Crippen molar-refractivity contribution in [2.24, 2.45) is 5.92 Å². The predicted molar refractivity (Wildman–Crippen MR) is 88.8 cm³/mol. The van der Waals surface area contributed by atoms with Gasteiger partial charge in [0.1, 0.15) is 6.04 Å². The molecule has 2 unspecified atom stereocenters. The van der Waals surface area contributed by atoms with Gasteiger partial charge in [-0.25, -0.2) is 0 Å². The van der Waals surface area contributed by atoms with Crippen molar-refractivity contribution in [3.05, 3.63) is 18.4 Å². The zero-order chi connectivity index (χ0) is 18.7. The normalized spacial score (nSPS) is 18.5. The second kappa shape index (κ2) is 7.38. The van der Waals surface area contributed by atoms with Crippen molar-refractivity contribution in [3.8, 4) is 11.7 Å². The van der Waals surface area contributed by atoms with Crippen molar-refractivity contribution in [3.63, 3.8) is 0 Å². The fraction of sp³-hybridized carbons (Fsp3) is 0.438. The Kier molecular flexibility index (Phi) is 5.01. The third-order valence-corrected chi connectivity index (χ3v) is 3.96. The molecule has 10 nitrogen and oxygen atoms in total. The van der Waals surface area contributed by atoms with Crippen LogP contribution in [0, 0.1) is 5.92 Å². The summed E-state index contributed by atoms with van der Waals surface area (Å²) in [6.07, 6.45) is 1.83. The van der Waals surface area contributed by atoms with E-state index in [2.05, 4.69) is 26.1 Å². The van der Waals surface area contributed by atoms with Crippen LogP contribution in [-0.2, 0) is 14.4 Å². The number of rotatable bonds is 6. The molecule has 2 aromatic heterocycles. The molecule has 0 aliphatic carbocycles. The van der Waals surface area contributed by atoms with E-state index in [0.29, 0.717) is 18.7 Å². The molecule has 26 heavy (non-hydrogen) atoms. The molecule has 3 N–H and O–H groups in total. The average Bonchev–Trinajstić information content (AvgIpc) is 3.27. The minimum Gasteiger partial charge on any atom is -0.459 e. The maximum absolute atomic E-state index is 12.6. The fourth-order valence-electron chi connectivity index (χ4n) is 2.56. The molecular formula is C16H19N5O5. The van der Waals surface area contributed by atoms with Crippen LogP contribution in [0.4, 0.5) is 6.01 Å². The van der Waals surface area contributed by atoms with Gasteiger partial charge in [0.2, 0.25) is 11.7 Å². The van der Waals surface area contributed by atoms with Gasteiger partial charge in [0.15, 0.2) is 5.76 Å². The standard InChI is InChI=1S/C16H19N5O5/c1-8(2)11(13(23)18-9-5-6-17-14(24)12(9)22)19-16-21-20-15(26-16)10-4-3-7-25-10/h3-4,7-9,11H,5-6H2,1-2H3,(H,17,24)(H,18,23)(H,19,21). The van der Waals surface area contributed by atoms with E-state index in [0.717, 1.165) is 0 Å². The zero-order valence-corrected chi connectivity index (χ0v) is 14.3. The second-order valence-corrected chi connectivity index (χ2v) is 6.23. The third-order valence-electron chi connectivity index (χ3n) is 3.96. The van der Waals surface area contributed by atoms with Crippen molar-refractivity contribution in [1.82, 2.24) is 20.8 Å². The molecule has 0 saturated carbocycles. The highest BCUT2D eigenvalue weighted by atomic mass is 16.4. The molecule has 1 aliphatic rings. The van der Waals surface area contributed by atoms with Crippen LogP contribution in [0.2, 0.25) is 0 Å². The number of anilines is 1. The Morgan fingerprint density at radius 2 is 2.15 bits per heavy atom. The van der Waals surface area contributed by atoms with Gasteiger partial charge in [-0.3, -0.25) is 14.4 Å². The number of nitrogens with zero attached hydrogens (tertiary/aromatic N) is 2. The summed E-state index contributed by atoms with van der Waals surface area (Å²) >= 11 is 0. The molecule has 1 fully saturated rings. The van der Waals surface area contributed by atoms with Crippen LogP contribution < -0.4 is 16.0 Å². The summed E-state index contributed by atoms with van der Waals surface area (Å²) in [5.41, 5.74) is 0. The minimum atomic E-state index is -0.833. The number of nitrogens with one attached hydrogen (secondary N) is 3. The van der Waals surface area contributed by atoms with E-state index in [-0.39, 0.29) is 17.8 Å². The first-order valence-corrected chi connectivity index (χ1v) is 8.22. The Morgan fingerprint density at radius 1 is 1.35 bits per heavy atom. The van der Waals surface area contributed by atoms with Crippen LogP contribution in [0.5, 0.6) is 0 Å². The average molecular weight is 361 g/mol. The van der Waals surface area contributed by atoms with Crippen LogP contribution >= 0.6 is 0 Å². The van der Waals surface area contributed by atoms with Crippen LogP contribution in [0.1, 0.15) is 20.3 Å². The van der Waals surface area contributed by atoms with E-state index in [9.17, 15) is 14.4 Å². The van der Waals surface area contributed by atoms with Gasteiger partial charge < -0.3 is 24.8 Å². The molecule has 1 aliphatic heterocycles. The smallest absolute Gasteiger partial charge is 0.316 e. The summed E-state index contributed by atoms with van der Waals surface area (Å²) < 4.78 is 10.6. The lowest BCUT2D eigenvalue weighted by molar-refractivity contribution is -0.141. The largest absolute Gasteiger partial charge is 0.459 e. The van der Waals surface area contributed by atoms with Crippen LogP contribution in [0.15, 0.2) is 27.2 Å². The lowest BCUT2D eigenvalue weighted by Crippen LogP contribution is -2.56. The molecule has 1 saturated heterocycles. The van der Waals surface area contributed by atoms with Gasteiger partial charge in [-0.05, 0) is 24.5 Å². The van der Waals surface area contributed by atoms with E-state index in [1.165, 1.54) is 6.26 Å². The Labute approximate surface area is 148 Å². The first-order chi connectivity index (χ1) is 12.5. The maximum atomic E-state index is 12.6. The lowest BCUT2D eigenvalue weighted by atomic mass is 10.0. The number of aromatic nitrogens is 2. The number of hydrogen-bond donors (Lipinski definition) is 3. The monoisotopic (exact) mass is 361 g/mol. The number of carbonyl (C=O) groups excluding carboxylic acids is 3. The first-order valence-electron chi connectivity index (χ1n) is 8.22. The number of amides is 2. The Morgan fingerprint density at radius 3 is 2.85 bits per heavy atom. The van der Waals surface area contributed by atoms with Gasteiger partial charge in [0, 0.05) is 6.54 Å². The molecule has 138 valence electrons. The summed E-state index contributed by atoms with van der Waals surface area (Å²) in [4.78, 5) is 35.9. The van der Waals surface area contributed by atoms with Gasteiger partial charge >= 0.3 is 6.01 Å². The van der Waals surface area contributed by atoms with Crippen LogP contribution in [-0.4, -0.2) is 46.4 Å². The van der Waals surface area contributed by atoms with E-state index in [4.69, 9.17) is 8.83 Å². The van der Waals surface area contributed by atoms with Gasteiger partial charge in [0.05, 0.1) is 12.3 Å². The van der Waals surface area contributed by atoms with Crippen molar-refractivity contribution >= 4 is 23.6 Å². The molecule has 3 heterocycles. The Bertz CT molecular complexity index is 798. The molecule has 10 heteroatoms. The van der Waals surface area contributed by atoms with Crippen LogP contribution in [0.3, 0.4) is 0 Å². The summed E-state index contributed by atoms with van der Waals surface area (Å²) in [7, 11) is 0. The van der Waals surface area contributed by atoms with E-state index in [1.807, 2.05) is 13.8 Å². The van der Waals surface area contributed by atoms with E-state index in [1.54, 1.807) is 12.1 Å². The summed E-state index contributed by atoms with van der Waals surface area (Å²) in [6, 6.07) is 1.86. The maximum Gasteiger partial charge on any atom is 0.316 e. The van der Waals surface area contributed by atoms with Crippen molar-refractivity contribution < 1.29 is 23.2 Å². The Balaban J connectivity index is 1.68. The second-order valence-electron chi connectivity index (χ2n) is 6.23. The number of carbonyl (C=O) groups is 3. The first kappa shape index (κ1) is 17.6. The minimum absolute atomic E-state index is 0.0537. The molecule has 0 radical (unpaired) electrons. The number of Topliss-reactive ketones (excluding diaryl/α,β-unsaturated/α-hetero) is 1. The molecule has 2 amide bonds. The molecule has 0 spiro atoms. The number of ketones is 1. The highest BCUT2D eigenvalue weighted by Gasteiger charge is 2.33. The molecule has 0 bridgehead atoms. The highest BCUT2D eigenvalue weighted by molar-refractivity contribution is 6.39. The van der Waals surface area contributed by atoms with Crippen molar-refractivity contribution in [2.75, 3.05) is 11.9 Å². The molecule has 2 atom stereocenters. The van der Waals surface area contributed by atoms with Crippen molar-refractivity contribution in [1.29, 1.82) is 0 Å². The lowest BCUT2D eigenvalue weighted by Gasteiger charge is -2.26.